The lowest BCUT2D eigenvalue weighted by Crippen LogP contribution is -2.18. The lowest BCUT2D eigenvalue weighted by atomic mass is 10.2. The van der Waals surface area contributed by atoms with Crippen molar-refractivity contribution in [3.63, 3.8) is 0 Å². The Morgan fingerprint density at radius 1 is 1.18 bits per heavy atom. The first kappa shape index (κ1) is 11.4. The zero-order chi connectivity index (χ0) is 12.3. The second-order valence-corrected chi connectivity index (χ2v) is 4.04. The van der Waals surface area contributed by atoms with E-state index in [1.165, 1.54) is 5.56 Å². The van der Waals surface area contributed by atoms with Crippen molar-refractivity contribution in [2.45, 2.75) is 13.5 Å². The van der Waals surface area contributed by atoms with E-state index in [9.17, 15) is 0 Å². The lowest BCUT2D eigenvalue weighted by Gasteiger charge is -2.18. The molecule has 1 aromatic heterocycles. The van der Waals surface area contributed by atoms with Crippen molar-refractivity contribution in [2.24, 2.45) is 0 Å². The number of aryl methyl sites for hydroxylation is 1. The van der Waals surface area contributed by atoms with Crippen LogP contribution < -0.4 is 10.6 Å². The van der Waals surface area contributed by atoms with E-state index in [1.807, 2.05) is 32.2 Å². The average Bonchev–Trinajstić information content (AvgIpc) is 2.29. The SMILES string of the molecule is Cc1nc(N)cc(N(C)Cc2ccccc2)n1. The molecule has 0 unspecified atom stereocenters. The van der Waals surface area contributed by atoms with Gasteiger partial charge in [-0.25, -0.2) is 9.97 Å². The predicted octanol–water partition coefficient (Wildman–Crippen LogP) is 2.00. The van der Waals surface area contributed by atoms with Crippen LogP contribution in [0.4, 0.5) is 11.6 Å². The molecule has 0 radical (unpaired) electrons. The Balaban J connectivity index is 2.17. The van der Waals surface area contributed by atoms with Crippen LogP contribution in [0.5, 0.6) is 0 Å². The maximum atomic E-state index is 5.71. The van der Waals surface area contributed by atoms with E-state index in [2.05, 4.69) is 27.0 Å². The van der Waals surface area contributed by atoms with E-state index in [4.69, 9.17) is 5.73 Å². The molecular formula is C13H16N4. The lowest BCUT2D eigenvalue weighted by molar-refractivity contribution is 0.881. The van der Waals surface area contributed by atoms with Crippen LogP contribution in [0, 0.1) is 6.92 Å². The Morgan fingerprint density at radius 3 is 2.53 bits per heavy atom. The van der Waals surface area contributed by atoms with Crippen molar-refractivity contribution in [1.29, 1.82) is 0 Å². The van der Waals surface area contributed by atoms with Crippen LogP contribution in [-0.4, -0.2) is 17.0 Å². The average molecular weight is 228 g/mol. The molecule has 0 spiro atoms. The number of anilines is 2. The van der Waals surface area contributed by atoms with Crippen molar-refractivity contribution >= 4 is 11.6 Å². The number of hydrogen-bond donors (Lipinski definition) is 1. The smallest absolute Gasteiger partial charge is 0.134 e. The minimum atomic E-state index is 0.507. The third-order valence-corrected chi connectivity index (χ3v) is 2.50. The fourth-order valence-corrected chi connectivity index (χ4v) is 1.71. The third kappa shape index (κ3) is 2.93. The molecule has 0 aliphatic carbocycles. The molecule has 4 nitrogen and oxygen atoms in total. The Kier molecular flexibility index (Phi) is 3.23. The summed E-state index contributed by atoms with van der Waals surface area (Å²) in [5.74, 6) is 2.05. The maximum absolute atomic E-state index is 5.71. The normalized spacial score (nSPS) is 10.2. The van der Waals surface area contributed by atoms with E-state index in [1.54, 1.807) is 6.07 Å². The summed E-state index contributed by atoms with van der Waals surface area (Å²) in [6.07, 6.45) is 0. The summed E-state index contributed by atoms with van der Waals surface area (Å²) in [5, 5.41) is 0. The summed E-state index contributed by atoms with van der Waals surface area (Å²) in [4.78, 5) is 10.5. The maximum Gasteiger partial charge on any atom is 0.134 e. The molecule has 17 heavy (non-hydrogen) atoms. The van der Waals surface area contributed by atoms with Gasteiger partial charge in [0.1, 0.15) is 17.5 Å². The van der Waals surface area contributed by atoms with Gasteiger partial charge in [0, 0.05) is 19.7 Å². The molecule has 1 aromatic carbocycles. The minimum absolute atomic E-state index is 0.507. The van der Waals surface area contributed by atoms with E-state index in [0.29, 0.717) is 11.6 Å². The van der Waals surface area contributed by atoms with Crippen LogP contribution in [-0.2, 0) is 6.54 Å². The molecule has 0 aliphatic heterocycles. The van der Waals surface area contributed by atoms with Gasteiger partial charge in [0.05, 0.1) is 0 Å². The monoisotopic (exact) mass is 228 g/mol. The molecule has 1 heterocycles. The van der Waals surface area contributed by atoms with Crippen molar-refractivity contribution in [3.8, 4) is 0 Å². The molecule has 0 atom stereocenters. The summed E-state index contributed by atoms with van der Waals surface area (Å²) in [7, 11) is 1.99. The molecule has 0 fully saturated rings. The second-order valence-electron chi connectivity index (χ2n) is 4.04. The highest BCUT2D eigenvalue weighted by molar-refractivity contribution is 5.46. The number of hydrogen-bond acceptors (Lipinski definition) is 4. The first-order valence-electron chi connectivity index (χ1n) is 5.51. The van der Waals surface area contributed by atoms with Gasteiger partial charge in [0.2, 0.25) is 0 Å². The van der Waals surface area contributed by atoms with Crippen molar-refractivity contribution in [2.75, 3.05) is 17.7 Å². The summed E-state index contributed by atoms with van der Waals surface area (Å²) < 4.78 is 0. The second kappa shape index (κ2) is 4.82. The molecule has 0 saturated heterocycles. The van der Waals surface area contributed by atoms with E-state index in [-0.39, 0.29) is 0 Å². The largest absolute Gasteiger partial charge is 0.384 e. The molecule has 88 valence electrons. The standard InChI is InChI=1S/C13H16N4/c1-10-15-12(14)8-13(16-10)17(2)9-11-6-4-3-5-7-11/h3-8H,9H2,1-2H3,(H2,14,15,16). The van der Waals surface area contributed by atoms with Gasteiger partial charge in [0.15, 0.2) is 0 Å². The molecule has 2 aromatic rings. The fourth-order valence-electron chi connectivity index (χ4n) is 1.71. The number of benzene rings is 1. The van der Waals surface area contributed by atoms with Crippen LogP contribution in [0.3, 0.4) is 0 Å². The fraction of sp³-hybridized carbons (Fsp3) is 0.231. The zero-order valence-corrected chi connectivity index (χ0v) is 10.1. The van der Waals surface area contributed by atoms with Crippen molar-refractivity contribution < 1.29 is 0 Å². The van der Waals surface area contributed by atoms with E-state index in [0.717, 1.165) is 12.4 Å². The molecule has 0 saturated carbocycles. The predicted molar refractivity (Wildman–Crippen MR) is 69.7 cm³/mol. The highest BCUT2D eigenvalue weighted by Gasteiger charge is 2.05. The van der Waals surface area contributed by atoms with Crippen LogP contribution in [0.15, 0.2) is 36.4 Å². The highest BCUT2D eigenvalue weighted by Crippen LogP contribution is 2.14. The van der Waals surface area contributed by atoms with Crippen LogP contribution in [0.2, 0.25) is 0 Å². The summed E-state index contributed by atoms with van der Waals surface area (Å²) >= 11 is 0. The first-order valence-corrected chi connectivity index (χ1v) is 5.51. The third-order valence-electron chi connectivity index (χ3n) is 2.50. The highest BCUT2D eigenvalue weighted by atomic mass is 15.2. The molecule has 0 aliphatic rings. The molecule has 2 rings (SSSR count). The van der Waals surface area contributed by atoms with E-state index < -0.39 is 0 Å². The van der Waals surface area contributed by atoms with Gasteiger partial charge in [-0.1, -0.05) is 30.3 Å². The molecule has 0 amide bonds. The number of rotatable bonds is 3. The molecular weight excluding hydrogens is 212 g/mol. The Hall–Kier alpha value is -2.10. The quantitative estimate of drug-likeness (QED) is 0.873. The van der Waals surface area contributed by atoms with Crippen LogP contribution in [0.1, 0.15) is 11.4 Å². The first-order chi connectivity index (χ1) is 8.15. The number of aromatic nitrogens is 2. The number of nitrogen functional groups attached to an aromatic ring is 1. The van der Waals surface area contributed by atoms with Gasteiger partial charge < -0.3 is 10.6 Å². The van der Waals surface area contributed by atoms with Gasteiger partial charge in [-0.3, -0.25) is 0 Å². The number of nitrogens with two attached hydrogens (primary N) is 1. The summed E-state index contributed by atoms with van der Waals surface area (Å²) in [5.41, 5.74) is 6.95. The topological polar surface area (TPSA) is 55.0 Å². The van der Waals surface area contributed by atoms with Gasteiger partial charge in [-0.15, -0.1) is 0 Å². The van der Waals surface area contributed by atoms with Gasteiger partial charge in [-0.05, 0) is 12.5 Å². The molecule has 2 N–H and O–H groups in total. The Bertz CT molecular complexity index is 476. The molecule has 0 bridgehead atoms. The van der Waals surface area contributed by atoms with Gasteiger partial charge in [-0.2, -0.15) is 0 Å². The Labute approximate surface area is 101 Å². The Morgan fingerprint density at radius 2 is 1.88 bits per heavy atom. The molecule has 4 heteroatoms. The number of nitrogens with zero attached hydrogens (tertiary/aromatic N) is 3. The van der Waals surface area contributed by atoms with Crippen molar-refractivity contribution in [1.82, 2.24) is 9.97 Å². The van der Waals surface area contributed by atoms with Crippen LogP contribution >= 0.6 is 0 Å². The van der Waals surface area contributed by atoms with Crippen LogP contribution in [0.25, 0.3) is 0 Å². The summed E-state index contributed by atoms with van der Waals surface area (Å²) in [6, 6.07) is 12.0. The van der Waals surface area contributed by atoms with Crippen molar-refractivity contribution in [3.05, 3.63) is 47.8 Å². The van der Waals surface area contributed by atoms with Gasteiger partial charge in [0.25, 0.3) is 0 Å². The minimum Gasteiger partial charge on any atom is -0.384 e. The van der Waals surface area contributed by atoms with Gasteiger partial charge >= 0.3 is 0 Å². The summed E-state index contributed by atoms with van der Waals surface area (Å²) in [6.45, 7) is 2.65. The zero-order valence-electron chi connectivity index (χ0n) is 10.1. The van der Waals surface area contributed by atoms with E-state index >= 15 is 0 Å².